The Morgan fingerprint density at radius 1 is 1.08 bits per heavy atom. The van der Waals surface area contributed by atoms with Crippen LogP contribution >= 0.6 is 0 Å². The fourth-order valence-electron chi connectivity index (χ4n) is 2.46. The molecule has 1 aromatic carbocycles. The van der Waals surface area contributed by atoms with Gasteiger partial charge in [-0.05, 0) is 49.2 Å². The van der Waals surface area contributed by atoms with E-state index < -0.39 is 0 Å². The van der Waals surface area contributed by atoms with Crippen molar-refractivity contribution >= 4 is 23.3 Å². The van der Waals surface area contributed by atoms with Gasteiger partial charge in [0.1, 0.15) is 17.3 Å². The molecule has 0 unspecified atom stereocenters. The van der Waals surface area contributed by atoms with Crippen LogP contribution in [0.25, 0.3) is 0 Å². The number of rotatable bonds is 7. The second-order valence-electron chi connectivity index (χ2n) is 6.06. The Hall–Kier alpha value is -3.09. The van der Waals surface area contributed by atoms with Gasteiger partial charge in [-0.2, -0.15) is 0 Å². The predicted molar refractivity (Wildman–Crippen MR) is 97.3 cm³/mol. The van der Waals surface area contributed by atoms with E-state index in [1.165, 1.54) is 6.20 Å². The lowest BCUT2D eigenvalue weighted by Gasteiger charge is -2.23. The molecule has 2 amide bonds. The SMILES string of the molecule is COc1ccc(OCC(=O)Nc2ccc(NC(=O)C3CCC3)cn2)cc1. The molecule has 1 aliphatic carbocycles. The molecule has 0 spiro atoms. The minimum atomic E-state index is -0.320. The Morgan fingerprint density at radius 3 is 2.38 bits per heavy atom. The summed E-state index contributed by atoms with van der Waals surface area (Å²) in [7, 11) is 1.58. The summed E-state index contributed by atoms with van der Waals surface area (Å²) >= 11 is 0. The maximum absolute atomic E-state index is 11.9. The zero-order valence-electron chi connectivity index (χ0n) is 14.5. The van der Waals surface area contributed by atoms with Gasteiger partial charge in [0.05, 0.1) is 19.0 Å². The molecule has 3 rings (SSSR count). The lowest BCUT2D eigenvalue weighted by molar-refractivity contribution is -0.122. The van der Waals surface area contributed by atoms with Crippen LogP contribution in [0.4, 0.5) is 11.5 Å². The van der Waals surface area contributed by atoms with Gasteiger partial charge in [0.2, 0.25) is 5.91 Å². The van der Waals surface area contributed by atoms with Gasteiger partial charge < -0.3 is 20.1 Å². The monoisotopic (exact) mass is 355 g/mol. The van der Waals surface area contributed by atoms with Gasteiger partial charge in [-0.3, -0.25) is 9.59 Å². The second-order valence-corrected chi connectivity index (χ2v) is 6.06. The zero-order chi connectivity index (χ0) is 18.4. The first-order valence-electron chi connectivity index (χ1n) is 8.47. The Kier molecular flexibility index (Phi) is 5.68. The van der Waals surface area contributed by atoms with Crippen molar-refractivity contribution in [2.75, 3.05) is 24.4 Å². The molecule has 2 aromatic rings. The summed E-state index contributed by atoms with van der Waals surface area (Å²) in [5.41, 5.74) is 0.620. The second kappa shape index (κ2) is 8.33. The molecule has 0 bridgehead atoms. The first kappa shape index (κ1) is 17.7. The zero-order valence-corrected chi connectivity index (χ0v) is 14.5. The number of hydrogen-bond acceptors (Lipinski definition) is 5. The highest BCUT2D eigenvalue weighted by Crippen LogP contribution is 2.27. The van der Waals surface area contributed by atoms with Crippen molar-refractivity contribution in [2.45, 2.75) is 19.3 Å². The summed E-state index contributed by atoms with van der Waals surface area (Å²) in [6.45, 7) is -0.131. The third-order valence-electron chi connectivity index (χ3n) is 4.20. The Bertz CT molecular complexity index is 755. The molecule has 0 radical (unpaired) electrons. The van der Waals surface area contributed by atoms with Crippen molar-refractivity contribution in [1.82, 2.24) is 4.98 Å². The Balaban J connectivity index is 1.45. The van der Waals surface area contributed by atoms with Gasteiger partial charge in [-0.15, -0.1) is 0 Å². The summed E-state index contributed by atoms with van der Waals surface area (Å²) in [5, 5.41) is 5.48. The van der Waals surface area contributed by atoms with E-state index in [2.05, 4.69) is 15.6 Å². The molecule has 0 aliphatic heterocycles. The molecule has 1 fully saturated rings. The normalized spacial score (nSPS) is 13.4. The lowest BCUT2D eigenvalue weighted by Crippen LogP contribution is -2.28. The first-order valence-corrected chi connectivity index (χ1v) is 8.47. The van der Waals surface area contributed by atoms with E-state index in [1.807, 2.05) is 0 Å². The van der Waals surface area contributed by atoms with Crippen LogP contribution in [0.1, 0.15) is 19.3 Å². The average Bonchev–Trinajstić information content (AvgIpc) is 2.60. The smallest absolute Gasteiger partial charge is 0.263 e. The fourth-order valence-corrected chi connectivity index (χ4v) is 2.46. The van der Waals surface area contributed by atoms with Gasteiger partial charge in [0, 0.05) is 5.92 Å². The molecular weight excluding hydrogens is 334 g/mol. The van der Waals surface area contributed by atoms with Crippen LogP contribution in [0.3, 0.4) is 0 Å². The summed E-state index contributed by atoms with van der Waals surface area (Å²) in [6, 6.07) is 10.3. The van der Waals surface area contributed by atoms with Crippen LogP contribution in [0.2, 0.25) is 0 Å². The predicted octanol–water partition coefficient (Wildman–Crippen LogP) is 2.85. The standard InChI is InChI=1S/C19H21N3O4/c1-25-15-6-8-16(9-7-15)26-12-18(23)22-17-10-5-14(11-20-17)21-19(24)13-3-2-4-13/h5-11,13H,2-4,12H2,1H3,(H,21,24)(H,20,22,23). The summed E-state index contributed by atoms with van der Waals surface area (Å²) in [5.74, 6) is 1.51. The van der Waals surface area contributed by atoms with Crippen LogP contribution in [0.5, 0.6) is 11.5 Å². The van der Waals surface area contributed by atoms with E-state index >= 15 is 0 Å². The van der Waals surface area contributed by atoms with Gasteiger partial charge in [-0.1, -0.05) is 6.42 Å². The molecular formula is C19H21N3O4. The number of anilines is 2. The number of benzene rings is 1. The van der Waals surface area contributed by atoms with Crippen molar-refractivity contribution in [3.63, 3.8) is 0 Å². The number of nitrogens with zero attached hydrogens (tertiary/aromatic N) is 1. The number of methoxy groups -OCH3 is 1. The van der Waals surface area contributed by atoms with Crippen molar-refractivity contribution < 1.29 is 19.1 Å². The molecule has 2 N–H and O–H groups in total. The number of ether oxygens (including phenoxy) is 2. The number of hydrogen-bond donors (Lipinski definition) is 2. The number of aromatic nitrogens is 1. The van der Waals surface area contributed by atoms with E-state index in [-0.39, 0.29) is 24.3 Å². The molecule has 1 saturated carbocycles. The molecule has 0 atom stereocenters. The largest absolute Gasteiger partial charge is 0.497 e. The third-order valence-corrected chi connectivity index (χ3v) is 4.20. The highest BCUT2D eigenvalue weighted by Gasteiger charge is 2.25. The molecule has 136 valence electrons. The highest BCUT2D eigenvalue weighted by atomic mass is 16.5. The third kappa shape index (κ3) is 4.72. The van der Waals surface area contributed by atoms with Crippen molar-refractivity contribution in [3.05, 3.63) is 42.6 Å². The fraction of sp³-hybridized carbons (Fsp3) is 0.316. The molecule has 1 aliphatic rings. The maximum atomic E-state index is 11.9. The Morgan fingerprint density at radius 2 is 1.81 bits per heavy atom. The highest BCUT2D eigenvalue weighted by molar-refractivity contribution is 5.93. The molecule has 7 nitrogen and oxygen atoms in total. The van der Waals surface area contributed by atoms with Gasteiger partial charge in [0.15, 0.2) is 6.61 Å². The number of carbonyl (C=O) groups is 2. The summed E-state index contributed by atoms with van der Waals surface area (Å²) in [4.78, 5) is 28.0. The molecule has 26 heavy (non-hydrogen) atoms. The van der Waals surface area contributed by atoms with E-state index in [9.17, 15) is 9.59 Å². The topological polar surface area (TPSA) is 89.5 Å². The van der Waals surface area contributed by atoms with Crippen molar-refractivity contribution in [2.24, 2.45) is 5.92 Å². The number of amides is 2. The van der Waals surface area contributed by atoms with Crippen LogP contribution < -0.4 is 20.1 Å². The maximum Gasteiger partial charge on any atom is 0.263 e. The van der Waals surface area contributed by atoms with E-state index in [0.717, 1.165) is 25.0 Å². The van der Waals surface area contributed by atoms with Crippen LogP contribution in [0.15, 0.2) is 42.6 Å². The van der Waals surface area contributed by atoms with E-state index in [0.29, 0.717) is 17.3 Å². The number of pyridine rings is 1. The molecule has 1 heterocycles. The Labute approximate surface area is 151 Å². The molecule has 7 heteroatoms. The molecule has 0 saturated heterocycles. The van der Waals surface area contributed by atoms with Crippen LogP contribution in [-0.2, 0) is 9.59 Å². The summed E-state index contributed by atoms with van der Waals surface area (Å²) < 4.78 is 10.5. The summed E-state index contributed by atoms with van der Waals surface area (Å²) in [6.07, 6.45) is 4.53. The molecule has 1 aromatic heterocycles. The minimum Gasteiger partial charge on any atom is -0.497 e. The van der Waals surface area contributed by atoms with E-state index in [1.54, 1.807) is 43.5 Å². The number of carbonyl (C=O) groups excluding carboxylic acids is 2. The van der Waals surface area contributed by atoms with Crippen molar-refractivity contribution in [1.29, 1.82) is 0 Å². The van der Waals surface area contributed by atoms with E-state index in [4.69, 9.17) is 9.47 Å². The van der Waals surface area contributed by atoms with Crippen LogP contribution in [0, 0.1) is 5.92 Å². The van der Waals surface area contributed by atoms with Gasteiger partial charge in [0.25, 0.3) is 5.91 Å². The van der Waals surface area contributed by atoms with Crippen LogP contribution in [-0.4, -0.2) is 30.5 Å². The minimum absolute atomic E-state index is 0.0303. The quantitative estimate of drug-likeness (QED) is 0.797. The number of nitrogens with one attached hydrogen (secondary N) is 2. The van der Waals surface area contributed by atoms with Gasteiger partial charge in [-0.25, -0.2) is 4.98 Å². The van der Waals surface area contributed by atoms with Gasteiger partial charge >= 0.3 is 0 Å². The average molecular weight is 355 g/mol. The van der Waals surface area contributed by atoms with Crippen molar-refractivity contribution in [3.8, 4) is 11.5 Å². The lowest BCUT2D eigenvalue weighted by atomic mass is 9.85. The first-order chi connectivity index (χ1) is 12.6.